The van der Waals surface area contributed by atoms with Crippen LogP contribution in [-0.2, 0) is 13.0 Å². The fourth-order valence-electron chi connectivity index (χ4n) is 6.01. The van der Waals surface area contributed by atoms with Crippen molar-refractivity contribution in [1.82, 2.24) is 19.8 Å². The third-order valence-electron chi connectivity index (χ3n) is 8.19. The van der Waals surface area contributed by atoms with Crippen LogP contribution < -0.4 is 14.5 Å². The summed E-state index contributed by atoms with van der Waals surface area (Å²) in [4.78, 5) is 17.8. The van der Waals surface area contributed by atoms with Crippen LogP contribution in [0.2, 0.25) is 0 Å². The van der Waals surface area contributed by atoms with Crippen molar-refractivity contribution in [3.05, 3.63) is 60.3 Å². The van der Waals surface area contributed by atoms with Gasteiger partial charge in [-0.25, -0.2) is 8.78 Å². The number of ether oxygens (including phenoxy) is 1. The molecule has 2 fully saturated rings. The largest absolute Gasteiger partial charge is 0.508 e. The molecule has 11 heteroatoms. The van der Waals surface area contributed by atoms with E-state index >= 15 is 0 Å². The minimum absolute atomic E-state index is 0.124. The fraction of sp³-hybridized carbons (Fsp3) is 0.433. The van der Waals surface area contributed by atoms with Gasteiger partial charge in [-0.2, -0.15) is 9.97 Å². The number of halogens is 2. The molecule has 3 aliphatic rings. The number of nitrogens with zero attached hydrogens (tertiary/aromatic N) is 6. The van der Waals surface area contributed by atoms with Crippen LogP contribution in [0.25, 0.3) is 10.8 Å². The molecule has 41 heavy (non-hydrogen) atoms. The Kier molecular flexibility index (Phi) is 7.37. The minimum Gasteiger partial charge on any atom is -0.508 e. The summed E-state index contributed by atoms with van der Waals surface area (Å²) in [6, 6.07) is 11.8. The second kappa shape index (κ2) is 11.1. The number of nitrogens with one attached hydrogen (secondary N) is 1. The highest BCUT2D eigenvalue weighted by Crippen LogP contribution is 2.36. The molecule has 0 amide bonds. The number of aromatic hydroxyl groups is 1. The molecule has 3 aliphatic heterocycles. The highest BCUT2D eigenvalue weighted by molar-refractivity contribution is 5.95. The van der Waals surface area contributed by atoms with Crippen LogP contribution in [0.3, 0.4) is 0 Å². The smallest absolute Gasteiger partial charge is 0.318 e. The Balaban J connectivity index is 1.27. The zero-order chi connectivity index (χ0) is 28.6. The van der Waals surface area contributed by atoms with Crippen molar-refractivity contribution in [2.24, 2.45) is 0 Å². The lowest BCUT2D eigenvalue weighted by Gasteiger charge is -2.38. The number of likely N-dealkylation sites (tertiary alicyclic amines) is 1. The maximum absolute atomic E-state index is 13.6. The number of alkyl halides is 2. The Morgan fingerprint density at radius 3 is 2.63 bits per heavy atom. The summed E-state index contributed by atoms with van der Waals surface area (Å²) in [5.74, 6) is -1.17. The van der Waals surface area contributed by atoms with Crippen molar-refractivity contribution in [3.63, 3.8) is 0 Å². The van der Waals surface area contributed by atoms with Crippen molar-refractivity contribution in [2.45, 2.75) is 25.3 Å². The number of phenols is 1. The molecule has 2 aromatic carbocycles. The Morgan fingerprint density at radius 1 is 1.07 bits per heavy atom. The lowest BCUT2D eigenvalue weighted by molar-refractivity contribution is 0.0112. The standard InChI is InChI=1S/C30H35F2N7O2/c1-2-27(33)37-11-13-38(14-12-37)28-24-7-9-39(26-18-22(40)17-21-5-3-4-6-23(21)26)19-25(24)34-29(35-28)41-16-15-36-10-8-30(31,32)20-36/h2-6,17-18,33,40H,1,7-16,19-20H2. The van der Waals surface area contributed by atoms with E-state index < -0.39 is 5.92 Å². The molecular formula is C30H35F2N7O2. The summed E-state index contributed by atoms with van der Waals surface area (Å²) >= 11 is 0. The molecule has 1 aromatic heterocycles. The van der Waals surface area contributed by atoms with Gasteiger partial charge in [-0.1, -0.05) is 30.8 Å². The van der Waals surface area contributed by atoms with Crippen molar-refractivity contribution in [3.8, 4) is 11.8 Å². The van der Waals surface area contributed by atoms with E-state index in [1.54, 1.807) is 23.1 Å². The average Bonchev–Trinajstić information content (AvgIpc) is 3.33. The van der Waals surface area contributed by atoms with E-state index in [-0.39, 0.29) is 31.3 Å². The Bertz CT molecular complexity index is 1460. The van der Waals surface area contributed by atoms with E-state index in [0.717, 1.165) is 46.5 Å². The molecule has 0 unspecified atom stereocenters. The second-order valence-corrected chi connectivity index (χ2v) is 10.9. The van der Waals surface area contributed by atoms with E-state index in [4.69, 9.17) is 20.1 Å². The molecule has 3 aromatic rings. The zero-order valence-electron chi connectivity index (χ0n) is 23.0. The first-order chi connectivity index (χ1) is 19.8. The number of aromatic nitrogens is 2. The van der Waals surface area contributed by atoms with Gasteiger partial charge >= 0.3 is 6.01 Å². The average molecular weight is 564 g/mol. The molecule has 0 atom stereocenters. The fourth-order valence-corrected chi connectivity index (χ4v) is 6.01. The van der Waals surface area contributed by atoms with Gasteiger partial charge in [-0.15, -0.1) is 0 Å². The van der Waals surface area contributed by atoms with E-state index in [0.29, 0.717) is 51.6 Å². The van der Waals surface area contributed by atoms with E-state index in [2.05, 4.69) is 22.4 Å². The first kappa shape index (κ1) is 27.2. The first-order valence-electron chi connectivity index (χ1n) is 14.1. The zero-order valence-corrected chi connectivity index (χ0v) is 23.0. The monoisotopic (exact) mass is 563 g/mol. The van der Waals surface area contributed by atoms with Gasteiger partial charge < -0.3 is 24.5 Å². The van der Waals surface area contributed by atoms with E-state index in [1.807, 2.05) is 23.1 Å². The van der Waals surface area contributed by atoms with Gasteiger partial charge in [0, 0.05) is 74.9 Å². The number of piperazine rings is 1. The Hall–Kier alpha value is -3.99. The number of benzene rings is 2. The van der Waals surface area contributed by atoms with Gasteiger partial charge in [0.2, 0.25) is 0 Å². The van der Waals surface area contributed by atoms with Crippen molar-refractivity contribution >= 4 is 28.1 Å². The first-order valence-corrected chi connectivity index (χ1v) is 14.1. The van der Waals surface area contributed by atoms with Crippen LogP contribution in [0.5, 0.6) is 11.8 Å². The number of hydrogen-bond acceptors (Lipinski definition) is 8. The summed E-state index contributed by atoms with van der Waals surface area (Å²) in [6.07, 6.45) is 2.16. The van der Waals surface area contributed by atoms with Crippen molar-refractivity contribution in [1.29, 1.82) is 5.41 Å². The molecule has 9 nitrogen and oxygen atoms in total. The van der Waals surface area contributed by atoms with Gasteiger partial charge in [0.25, 0.3) is 5.92 Å². The van der Waals surface area contributed by atoms with Gasteiger partial charge in [-0.3, -0.25) is 10.3 Å². The normalized spacial score (nSPS) is 18.9. The molecular weight excluding hydrogens is 528 g/mol. The van der Waals surface area contributed by atoms with Crippen LogP contribution in [0.4, 0.5) is 20.3 Å². The molecule has 6 rings (SSSR count). The molecule has 216 valence electrons. The van der Waals surface area contributed by atoms with Crippen LogP contribution in [-0.4, -0.2) is 95.6 Å². The second-order valence-electron chi connectivity index (χ2n) is 10.9. The van der Waals surface area contributed by atoms with Crippen LogP contribution >= 0.6 is 0 Å². The number of rotatable bonds is 7. The SMILES string of the molecule is C=CC(=N)N1CCN(c2nc(OCCN3CCC(F)(F)C3)nc3c2CCN(c2cc(O)cc4ccccc24)C3)CC1. The van der Waals surface area contributed by atoms with Gasteiger partial charge in [0.1, 0.15) is 24.0 Å². The van der Waals surface area contributed by atoms with E-state index in [9.17, 15) is 13.9 Å². The molecule has 0 bridgehead atoms. The summed E-state index contributed by atoms with van der Waals surface area (Å²) in [7, 11) is 0. The molecule has 0 saturated carbocycles. The lowest BCUT2D eigenvalue weighted by Crippen LogP contribution is -2.49. The summed E-state index contributed by atoms with van der Waals surface area (Å²) < 4.78 is 33.3. The van der Waals surface area contributed by atoms with Gasteiger partial charge in [0.15, 0.2) is 0 Å². The number of amidine groups is 1. The highest BCUT2D eigenvalue weighted by Gasteiger charge is 2.38. The van der Waals surface area contributed by atoms with Gasteiger partial charge in [0.05, 0.1) is 18.8 Å². The maximum Gasteiger partial charge on any atom is 0.318 e. The maximum atomic E-state index is 13.6. The number of anilines is 2. The quantitative estimate of drug-likeness (QED) is 0.331. The lowest BCUT2D eigenvalue weighted by atomic mass is 10.0. The van der Waals surface area contributed by atoms with E-state index in [1.165, 1.54) is 0 Å². The van der Waals surface area contributed by atoms with Crippen LogP contribution in [0.1, 0.15) is 17.7 Å². The molecule has 2 N–H and O–H groups in total. The van der Waals surface area contributed by atoms with Crippen molar-refractivity contribution < 1.29 is 18.6 Å². The van der Waals surface area contributed by atoms with Crippen molar-refractivity contribution in [2.75, 3.05) is 68.8 Å². The van der Waals surface area contributed by atoms with Gasteiger partial charge in [-0.05, 0) is 23.9 Å². The third kappa shape index (κ3) is 5.76. The Morgan fingerprint density at radius 2 is 1.88 bits per heavy atom. The molecule has 0 aliphatic carbocycles. The third-order valence-corrected chi connectivity index (χ3v) is 8.19. The summed E-state index contributed by atoms with van der Waals surface area (Å²) in [5, 5.41) is 20.6. The summed E-state index contributed by atoms with van der Waals surface area (Å²) in [5.41, 5.74) is 2.88. The van der Waals surface area contributed by atoms with Crippen LogP contribution in [0, 0.1) is 5.41 Å². The molecule has 0 spiro atoms. The molecule has 2 saturated heterocycles. The highest BCUT2D eigenvalue weighted by atomic mass is 19.3. The molecule has 0 radical (unpaired) electrons. The minimum atomic E-state index is -2.64. The number of fused-ring (bicyclic) bond motifs is 2. The number of phenolic OH excluding ortho intramolecular Hbond substituents is 1. The topological polar surface area (TPSA) is 92.1 Å². The Labute approximate surface area is 238 Å². The number of hydrogen-bond donors (Lipinski definition) is 2. The molecule has 4 heterocycles. The predicted octanol–water partition coefficient (Wildman–Crippen LogP) is 3.90. The predicted molar refractivity (Wildman–Crippen MR) is 156 cm³/mol. The summed E-state index contributed by atoms with van der Waals surface area (Å²) in [6.45, 7) is 8.45. The van der Waals surface area contributed by atoms with Crippen LogP contribution in [0.15, 0.2) is 49.1 Å².